The molecule has 2 N–H and O–H groups in total. The number of aliphatic hydroxyl groups excluding tert-OH is 1. The van der Waals surface area contributed by atoms with Crippen LogP contribution in [0.1, 0.15) is 32.8 Å². The highest BCUT2D eigenvalue weighted by molar-refractivity contribution is 6.33. The zero-order valence-electron chi connectivity index (χ0n) is 15.2. The molecule has 2 amide bonds. The Hall–Kier alpha value is -1.83. The maximum atomic E-state index is 12.8. The van der Waals surface area contributed by atoms with Gasteiger partial charge in [0, 0.05) is 29.9 Å². The fourth-order valence-electron chi connectivity index (χ4n) is 3.69. The van der Waals surface area contributed by atoms with E-state index in [4.69, 9.17) is 21.1 Å². The topological polar surface area (TPSA) is 88.1 Å². The molecule has 3 atom stereocenters. The van der Waals surface area contributed by atoms with Gasteiger partial charge in [0.25, 0.3) is 0 Å². The number of rotatable bonds is 2. The number of nitrogens with one attached hydrogen (secondary N) is 1. The Bertz CT molecular complexity index is 748. The van der Waals surface area contributed by atoms with Gasteiger partial charge in [0.15, 0.2) is 6.29 Å². The Morgan fingerprint density at radius 2 is 2.15 bits per heavy atom. The van der Waals surface area contributed by atoms with Gasteiger partial charge in [-0.25, -0.2) is 4.79 Å². The molecule has 8 heteroatoms. The Balaban J connectivity index is 2.02. The molecule has 0 bridgehead atoms. The van der Waals surface area contributed by atoms with E-state index in [-0.39, 0.29) is 18.9 Å². The SMILES string of the molecule is COC(O)C1C[C@@]2(CN1C(=O)OC(C)(C)C)C(=O)Nc1cccc(Cl)c12. The van der Waals surface area contributed by atoms with Crippen LogP contribution in [-0.4, -0.2) is 53.6 Å². The summed E-state index contributed by atoms with van der Waals surface area (Å²) in [4.78, 5) is 26.9. The molecule has 1 aromatic carbocycles. The number of ether oxygens (including phenoxy) is 2. The fraction of sp³-hybridized carbons (Fsp3) is 0.556. The largest absolute Gasteiger partial charge is 0.444 e. The predicted molar refractivity (Wildman–Crippen MR) is 96.1 cm³/mol. The van der Waals surface area contributed by atoms with Crippen molar-refractivity contribution in [3.05, 3.63) is 28.8 Å². The molecule has 3 rings (SSSR count). The van der Waals surface area contributed by atoms with Crippen LogP contribution in [0.4, 0.5) is 10.5 Å². The third kappa shape index (κ3) is 3.04. The summed E-state index contributed by atoms with van der Waals surface area (Å²) < 4.78 is 10.5. The zero-order chi connectivity index (χ0) is 19.3. The van der Waals surface area contributed by atoms with Crippen molar-refractivity contribution >= 4 is 29.3 Å². The summed E-state index contributed by atoms with van der Waals surface area (Å²) in [7, 11) is 1.35. The van der Waals surface area contributed by atoms with E-state index in [1.807, 2.05) is 0 Å². The number of amides is 2. The molecule has 1 fully saturated rings. The molecule has 2 aliphatic heterocycles. The lowest BCUT2D eigenvalue weighted by molar-refractivity contribution is -0.121. The molecule has 0 aliphatic carbocycles. The highest BCUT2D eigenvalue weighted by Gasteiger charge is 2.58. The van der Waals surface area contributed by atoms with E-state index in [2.05, 4.69) is 5.32 Å². The van der Waals surface area contributed by atoms with Crippen LogP contribution in [0.2, 0.25) is 5.02 Å². The number of hydrogen-bond donors (Lipinski definition) is 2. The van der Waals surface area contributed by atoms with Crippen molar-refractivity contribution in [3.63, 3.8) is 0 Å². The number of nitrogens with zero attached hydrogens (tertiary/aromatic N) is 1. The van der Waals surface area contributed by atoms with Crippen LogP contribution in [0.3, 0.4) is 0 Å². The van der Waals surface area contributed by atoms with Gasteiger partial charge in [0.2, 0.25) is 5.91 Å². The smallest absolute Gasteiger partial charge is 0.410 e. The van der Waals surface area contributed by atoms with Gasteiger partial charge in [-0.3, -0.25) is 9.69 Å². The Morgan fingerprint density at radius 3 is 2.77 bits per heavy atom. The Kier molecular flexibility index (Phi) is 4.67. The van der Waals surface area contributed by atoms with Crippen LogP contribution in [-0.2, 0) is 19.7 Å². The molecule has 1 spiro atoms. The normalized spacial score (nSPS) is 26.0. The van der Waals surface area contributed by atoms with Gasteiger partial charge in [-0.15, -0.1) is 0 Å². The lowest BCUT2D eigenvalue weighted by Gasteiger charge is -2.30. The van der Waals surface area contributed by atoms with E-state index >= 15 is 0 Å². The highest BCUT2D eigenvalue weighted by atomic mass is 35.5. The second-order valence-electron chi connectivity index (χ2n) is 7.70. The number of fused-ring (bicyclic) bond motifs is 2. The minimum absolute atomic E-state index is 0.0512. The lowest BCUT2D eigenvalue weighted by Crippen LogP contribution is -2.46. The van der Waals surface area contributed by atoms with E-state index in [0.717, 1.165) is 0 Å². The van der Waals surface area contributed by atoms with Crippen molar-refractivity contribution in [3.8, 4) is 0 Å². The molecular weight excluding hydrogens is 360 g/mol. The molecule has 0 aromatic heterocycles. The third-order valence-electron chi connectivity index (χ3n) is 4.77. The number of likely N-dealkylation sites (tertiary alicyclic amines) is 1. The maximum Gasteiger partial charge on any atom is 0.410 e. The van der Waals surface area contributed by atoms with E-state index in [1.165, 1.54) is 12.0 Å². The van der Waals surface area contributed by atoms with Crippen LogP contribution >= 0.6 is 11.6 Å². The molecule has 7 nitrogen and oxygen atoms in total. The summed E-state index contributed by atoms with van der Waals surface area (Å²) in [5, 5.41) is 13.6. The standard InChI is InChI=1S/C18H23ClN2O5/c1-17(2,3)26-16(24)21-9-18(8-12(21)14(22)25-4)13-10(19)6-5-7-11(13)20-15(18)23/h5-7,12,14,22H,8-9H2,1-4H3,(H,20,23)/t12?,14?,18-/m0/s1. The van der Waals surface area contributed by atoms with Gasteiger partial charge in [0.1, 0.15) is 5.60 Å². The number of hydrogen-bond acceptors (Lipinski definition) is 5. The van der Waals surface area contributed by atoms with Gasteiger partial charge >= 0.3 is 6.09 Å². The molecule has 2 aliphatic rings. The first-order valence-electron chi connectivity index (χ1n) is 8.40. The number of carbonyl (C=O) groups is 2. The van der Waals surface area contributed by atoms with Gasteiger partial charge in [-0.05, 0) is 39.3 Å². The van der Waals surface area contributed by atoms with Gasteiger partial charge in [-0.1, -0.05) is 17.7 Å². The van der Waals surface area contributed by atoms with Crippen LogP contribution in [0.25, 0.3) is 0 Å². The predicted octanol–water partition coefficient (Wildman–Crippen LogP) is 2.50. The minimum Gasteiger partial charge on any atom is -0.444 e. The van der Waals surface area contributed by atoms with Crippen LogP contribution < -0.4 is 5.32 Å². The van der Waals surface area contributed by atoms with Crippen molar-refractivity contribution in [1.82, 2.24) is 4.90 Å². The number of aliphatic hydroxyl groups is 1. The van der Waals surface area contributed by atoms with Gasteiger partial charge < -0.3 is 19.9 Å². The fourth-order valence-corrected chi connectivity index (χ4v) is 4.04. The summed E-state index contributed by atoms with van der Waals surface area (Å²) in [6.45, 7) is 5.32. The monoisotopic (exact) mass is 382 g/mol. The summed E-state index contributed by atoms with van der Waals surface area (Å²) in [5.41, 5.74) is -0.484. The Labute approximate surface area is 157 Å². The average molecular weight is 383 g/mol. The molecule has 2 heterocycles. The van der Waals surface area contributed by atoms with Gasteiger partial charge in [0.05, 0.1) is 11.5 Å². The first-order valence-corrected chi connectivity index (χ1v) is 8.78. The molecule has 0 radical (unpaired) electrons. The van der Waals surface area contributed by atoms with Crippen LogP contribution in [0, 0.1) is 0 Å². The molecule has 1 saturated heterocycles. The van der Waals surface area contributed by atoms with E-state index < -0.39 is 29.4 Å². The zero-order valence-corrected chi connectivity index (χ0v) is 16.0. The van der Waals surface area contributed by atoms with Crippen molar-refractivity contribution in [1.29, 1.82) is 0 Å². The molecule has 26 heavy (non-hydrogen) atoms. The maximum absolute atomic E-state index is 12.8. The number of halogens is 1. The number of benzene rings is 1. The number of methoxy groups -OCH3 is 1. The second kappa shape index (κ2) is 6.40. The van der Waals surface area contributed by atoms with E-state index in [0.29, 0.717) is 16.3 Å². The number of anilines is 1. The van der Waals surface area contributed by atoms with Crippen LogP contribution in [0.15, 0.2) is 18.2 Å². The summed E-state index contributed by atoms with van der Waals surface area (Å²) >= 11 is 6.38. The van der Waals surface area contributed by atoms with E-state index in [9.17, 15) is 14.7 Å². The van der Waals surface area contributed by atoms with Crippen molar-refractivity contribution < 1.29 is 24.2 Å². The average Bonchev–Trinajstić information content (AvgIpc) is 3.06. The molecule has 1 aromatic rings. The van der Waals surface area contributed by atoms with Crippen LogP contribution in [0.5, 0.6) is 0 Å². The molecule has 0 saturated carbocycles. The first-order chi connectivity index (χ1) is 12.1. The number of carbonyl (C=O) groups excluding carboxylic acids is 2. The van der Waals surface area contributed by atoms with Gasteiger partial charge in [-0.2, -0.15) is 0 Å². The molecular formula is C18H23ClN2O5. The quantitative estimate of drug-likeness (QED) is 0.767. The van der Waals surface area contributed by atoms with Crippen molar-refractivity contribution in [2.45, 2.75) is 50.5 Å². The highest BCUT2D eigenvalue weighted by Crippen LogP contribution is 2.50. The van der Waals surface area contributed by atoms with Crippen molar-refractivity contribution in [2.24, 2.45) is 0 Å². The summed E-state index contributed by atoms with van der Waals surface area (Å²) in [5.74, 6) is -0.250. The first kappa shape index (κ1) is 18.9. The Morgan fingerprint density at radius 1 is 1.46 bits per heavy atom. The third-order valence-corrected chi connectivity index (χ3v) is 5.09. The lowest BCUT2D eigenvalue weighted by atomic mass is 9.79. The second-order valence-corrected chi connectivity index (χ2v) is 8.11. The summed E-state index contributed by atoms with van der Waals surface area (Å²) in [6, 6.07) is 4.50. The summed E-state index contributed by atoms with van der Waals surface area (Å²) in [6.07, 6.45) is -1.67. The molecule has 2 unspecified atom stereocenters. The van der Waals surface area contributed by atoms with E-state index in [1.54, 1.807) is 39.0 Å². The van der Waals surface area contributed by atoms with Crippen molar-refractivity contribution in [2.75, 3.05) is 19.0 Å². The molecule has 142 valence electrons. The minimum atomic E-state index is -1.25.